The molecule has 2 fully saturated rings. The number of aryl methyl sites for hydroxylation is 1. The zero-order valence-electron chi connectivity index (χ0n) is 24.5. The summed E-state index contributed by atoms with van der Waals surface area (Å²) in [6.07, 6.45) is 16.3. The third-order valence-electron chi connectivity index (χ3n) is 8.69. The molecule has 2 N–H and O–H groups in total. The van der Waals surface area contributed by atoms with Crippen LogP contribution < -0.4 is 4.74 Å². The molecule has 0 aliphatic heterocycles. The van der Waals surface area contributed by atoms with Crippen LogP contribution in [0.1, 0.15) is 104 Å². The standard InChI is InChI=1S/C29H40O3.C3H8.C2H6/c1-4-6-8-20(5-2)19-32-23-11-13-24-21(17-23)10-12-26-25(24)14-15-29(3)27(31)18-22(28(26)29)9-7-16-30;1-3-2;1-2/h4-6,8,11,13,17,22,25-28,30-31H,2,7,9-10,12,14-16,18-19H2,1,3H3;3H2,1-2H3;1-2H3/b6-4-,20-8+;;. The third-order valence-corrected chi connectivity index (χ3v) is 8.69. The second kappa shape index (κ2) is 15.5. The molecular formula is C34H54O3. The quantitative estimate of drug-likeness (QED) is 0.345. The van der Waals surface area contributed by atoms with E-state index in [4.69, 9.17) is 4.74 Å². The Morgan fingerprint density at radius 1 is 1.22 bits per heavy atom. The lowest BCUT2D eigenvalue weighted by atomic mass is 9.54. The van der Waals surface area contributed by atoms with E-state index in [0.717, 1.165) is 43.4 Å². The van der Waals surface area contributed by atoms with Crippen molar-refractivity contribution in [1.82, 2.24) is 0 Å². The lowest BCUT2D eigenvalue weighted by Gasteiger charge is -2.51. The Labute approximate surface area is 227 Å². The Hall–Kier alpha value is -1.84. The van der Waals surface area contributed by atoms with Gasteiger partial charge in [-0.3, -0.25) is 0 Å². The molecule has 3 nitrogen and oxygen atoms in total. The first-order valence-corrected chi connectivity index (χ1v) is 14.9. The summed E-state index contributed by atoms with van der Waals surface area (Å²) in [7, 11) is 0. The Morgan fingerprint density at radius 2 is 1.95 bits per heavy atom. The van der Waals surface area contributed by atoms with Gasteiger partial charge in [0, 0.05) is 6.61 Å². The van der Waals surface area contributed by atoms with Crippen molar-refractivity contribution in [1.29, 1.82) is 0 Å². The molecule has 2 saturated carbocycles. The van der Waals surface area contributed by atoms with Gasteiger partial charge in [-0.2, -0.15) is 0 Å². The van der Waals surface area contributed by atoms with Gasteiger partial charge < -0.3 is 14.9 Å². The molecule has 6 unspecified atom stereocenters. The van der Waals surface area contributed by atoms with E-state index in [2.05, 4.69) is 45.5 Å². The Balaban J connectivity index is 0.000000898. The van der Waals surface area contributed by atoms with Crippen molar-refractivity contribution in [2.75, 3.05) is 13.2 Å². The van der Waals surface area contributed by atoms with E-state index < -0.39 is 0 Å². The van der Waals surface area contributed by atoms with Crippen molar-refractivity contribution >= 4 is 0 Å². The molecule has 208 valence electrons. The first-order chi connectivity index (χ1) is 17.9. The Morgan fingerprint density at radius 3 is 2.59 bits per heavy atom. The van der Waals surface area contributed by atoms with Crippen LogP contribution in [-0.2, 0) is 6.42 Å². The van der Waals surface area contributed by atoms with E-state index in [1.165, 1.54) is 30.4 Å². The monoisotopic (exact) mass is 510 g/mol. The van der Waals surface area contributed by atoms with Gasteiger partial charge in [0.15, 0.2) is 0 Å². The van der Waals surface area contributed by atoms with E-state index >= 15 is 0 Å². The molecule has 0 spiro atoms. The second-order valence-electron chi connectivity index (χ2n) is 11.1. The van der Waals surface area contributed by atoms with Crippen LogP contribution in [0.15, 0.2) is 54.7 Å². The van der Waals surface area contributed by atoms with Crippen molar-refractivity contribution in [3.63, 3.8) is 0 Å². The minimum Gasteiger partial charge on any atom is -0.489 e. The van der Waals surface area contributed by atoms with E-state index in [-0.39, 0.29) is 18.1 Å². The minimum atomic E-state index is -0.191. The van der Waals surface area contributed by atoms with Crippen LogP contribution in [0.25, 0.3) is 0 Å². The van der Waals surface area contributed by atoms with Crippen molar-refractivity contribution in [3.8, 4) is 5.75 Å². The minimum absolute atomic E-state index is 0.0439. The average molecular weight is 511 g/mol. The summed E-state index contributed by atoms with van der Waals surface area (Å²) in [4.78, 5) is 0. The van der Waals surface area contributed by atoms with Gasteiger partial charge in [0.05, 0.1) is 6.10 Å². The summed E-state index contributed by atoms with van der Waals surface area (Å²) in [5, 5.41) is 20.3. The number of fused-ring (bicyclic) bond motifs is 5. The van der Waals surface area contributed by atoms with Crippen LogP contribution in [0, 0.1) is 23.2 Å². The maximum atomic E-state index is 11.0. The van der Waals surface area contributed by atoms with Gasteiger partial charge in [0.1, 0.15) is 12.4 Å². The number of hydrogen-bond donors (Lipinski definition) is 2. The van der Waals surface area contributed by atoms with Gasteiger partial charge in [-0.15, -0.1) is 0 Å². The van der Waals surface area contributed by atoms with Crippen molar-refractivity contribution in [2.45, 2.75) is 105 Å². The Bertz CT molecular complexity index is 885. The first-order valence-electron chi connectivity index (χ1n) is 14.9. The van der Waals surface area contributed by atoms with Crippen molar-refractivity contribution < 1.29 is 14.9 Å². The number of aliphatic hydroxyl groups is 2. The molecule has 0 aromatic heterocycles. The zero-order valence-corrected chi connectivity index (χ0v) is 24.5. The number of aliphatic hydroxyl groups excluding tert-OH is 2. The van der Waals surface area contributed by atoms with E-state index in [9.17, 15) is 10.2 Å². The molecule has 0 bridgehead atoms. The summed E-state index contributed by atoms with van der Waals surface area (Å²) in [5.41, 5.74) is 4.06. The summed E-state index contributed by atoms with van der Waals surface area (Å²) < 4.78 is 6.09. The van der Waals surface area contributed by atoms with Crippen LogP contribution in [0.5, 0.6) is 5.75 Å². The normalized spacial score (nSPS) is 30.2. The van der Waals surface area contributed by atoms with Crippen LogP contribution in [0.3, 0.4) is 0 Å². The molecule has 37 heavy (non-hydrogen) atoms. The van der Waals surface area contributed by atoms with Gasteiger partial charge in [-0.25, -0.2) is 0 Å². The molecule has 3 aliphatic rings. The summed E-state index contributed by atoms with van der Waals surface area (Å²) >= 11 is 0. The molecule has 0 amide bonds. The largest absolute Gasteiger partial charge is 0.489 e. The van der Waals surface area contributed by atoms with Crippen LogP contribution in [0.4, 0.5) is 0 Å². The predicted octanol–water partition coefficient (Wildman–Crippen LogP) is 8.41. The fourth-order valence-corrected chi connectivity index (χ4v) is 7.12. The maximum absolute atomic E-state index is 11.0. The van der Waals surface area contributed by atoms with Gasteiger partial charge in [0.2, 0.25) is 0 Å². The highest BCUT2D eigenvalue weighted by Gasteiger charge is 2.58. The van der Waals surface area contributed by atoms with Gasteiger partial charge in [0.25, 0.3) is 0 Å². The van der Waals surface area contributed by atoms with Crippen LogP contribution in [0.2, 0.25) is 0 Å². The summed E-state index contributed by atoms with van der Waals surface area (Å²) in [6.45, 7) is 17.3. The maximum Gasteiger partial charge on any atom is 0.120 e. The van der Waals surface area contributed by atoms with E-state index in [1.54, 1.807) is 0 Å². The molecule has 3 aliphatic carbocycles. The van der Waals surface area contributed by atoms with Gasteiger partial charge in [-0.1, -0.05) is 78.0 Å². The number of ether oxygens (including phenoxy) is 1. The molecule has 6 atom stereocenters. The summed E-state index contributed by atoms with van der Waals surface area (Å²) in [6, 6.07) is 6.70. The molecule has 0 radical (unpaired) electrons. The lowest BCUT2D eigenvalue weighted by Crippen LogP contribution is -2.45. The van der Waals surface area contributed by atoms with Crippen molar-refractivity contribution in [3.05, 3.63) is 65.8 Å². The fourth-order valence-electron chi connectivity index (χ4n) is 7.12. The van der Waals surface area contributed by atoms with E-state index in [0.29, 0.717) is 30.3 Å². The lowest BCUT2D eigenvalue weighted by molar-refractivity contribution is -0.0307. The van der Waals surface area contributed by atoms with Crippen molar-refractivity contribution in [2.24, 2.45) is 23.2 Å². The number of hydrogen-bond acceptors (Lipinski definition) is 3. The molecule has 1 aromatic carbocycles. The first kappa shape index (κ1) is 31.4. The highest BCUT2D eigenvalue weighted by molar-refractivity contribution is 5.41. The zero-order chi connectivity index (χ0) is 27.4. The molecule has 0 heterocycles. The topological polar surface area (TPSA) is 49.7 Å². The van der Waals surface area contributed by atoms with Gasteiger partial charge >= 0.3 is 0 Å². The number of rotatable bonds is 8. The highest BCUT2D eigenvalue weighted by Crippen LogP contribution is 2.63. The SMILES string of the molecule is C=C/C(=C\C=C/C)COc1ccc2c(c1)CCC1C2CCC2(C)C(O)CC(CCCO)C12.CC.CCC. The smallest absolute Gasteiger partial charge is 0.120 e. The highest BCUT2D eigenvalue weighted by atomic mass is 16.5. The van der Waals surface area contributed by atoms with E-state index in [1.807, 2.05) is 45.1 Å². The molecular weight excluding hydrogens is 456 g/mol. The number of allylic oxidation sites excluding steroid dienone is 3. The number of benzene rings is 1. The van der Waals surface area contributed by atoms with Gasteiger partial charge in [-0.05, 0) is 110 Å². The molecule has 3 heteroatoms. The Kier molecular flexibility index (Phi) is 13.2. The predicted molar refractivity (Wildman–Crippen MR) is 158 cm³/mol. The fraction of sp³-hybridized carbons (Fsp3) is 0.647. The third kappa shape index (κ3) is 7.39. The molecule has 4 rings (SSSR count). The average Bonchev–Trinajstić information content (AvgIpc) is 3.18. The van der Waals surface area contributed by atoms with Crippen LogP contribution >= 0.6 is 0 Å². The molecule has 1 aromatic rings. The second-order valence-corrected chi connectivity index (χ2v) is 11.1. The molecule has 0 saturated heterocycles. The summed E-state index contributed by atoms with van der Waals surface area (Å²) in [5.74, 6) is 3.28. The van der Waals surface area contributed by atoms with Crippen LogP contribution in [-0.4, -0.2) is 29.5 Å².